The molecule has 8 heteroatoms. The van der Waals surface area contributed by atoms with Gasteiger partial charge in [-0.2, -0.15) is 9.61 Å². The topological polar surface area (TPSA) is 71.3 Å². The second-order valence-electron chi connectivity index (χ2n) is 8.61. The highest BCUT2D eigenvalue weighted by Gasteiger charge is 2.22. The lowest BCUT2D eigenvalue weighted by Gasteiger charge is -2.13. The Morgan fingerprint density at radius 2 is 1.82 bits per heavy atom. The molecule has 1 aliphatic rings. The smallest absolute Gasteiger partial charge is 0.223 e. The van der Waals surface area contributed by atoms with E-state index in [1.165, 1.54) is 0 Å². The van der Waals surface area contributed by atoms with Gasteiger partial charge in [-0.3, -0.25) is 4.79 Å². The molecule has 0 bridgehead atoms. The molecule has 4 aromatic rings. The lowest BCUT2D eigenvalue weighted by molar-refractivity contribution is -0.124. The van der Waals surface area contributed by atoms with Crippen LogP contribution < -0.4 is 10.6 Å². The van der Waals surface area contributed by atoms with Gasteiger partial charge in [-0.1, -0.05) is 66.9 Å². The van der Waals surface area contributed by atoms with E-state index in [1.54, 1.807) is 10.7 Å². The Balaban J connectivity index is 1.33. The molecule has 0 radical (unpaired) electrons. The summed E-state index contributed by atoms with van der Waals surface area (Å²) in [4.78, 5) is 17.1. The van der Waals surface area contributed by atoms with Gasteiger partial charge in [0.1, 0.15) is 5.82 Å². The number of nitrogens with zero attached hydrogens (tertiary/aromatic N) is 3. The van der Waals surface area contributed by atoms with E-state index in [1.807, 2.05) is 42.5 Å². The summed E-state index contributed by atoms with van der Waals surface area (Å²) in [5.41, 5.74) is 4.54. The number of aromatic nitrogens is 3. The Labute approximate surface area is 211 Å². The molecule has 34 heavy (non-hydrogen) atoms. The van der Waals surface area contributed by atoms with E-state index in [0.717, 1.165) is 58.4 Å². The number of fused-ring (bicyclic) bond motifs is 1. The van der Waals surface area contributed by atoms with Crippen molar-refractivity contribution in [1.29, 1.82) is 0 Å². The molecule has 1 saturated carbocycles. The number of carbonyl (C=O) groups excluding carboxylic acids is 1. The molecule has 2 aromatic carbocycles. The number of rotatable bonds is 7. The molecule has 0 aliphatic heterocycles. The summed E-state index contributed by atoms with van der Waals surface area (Å²) in [6, 6.07) is 17.9. The summed E-state index contributed by atoms with van der Waals surface area (Å²) < 4.78 is 2.58. The second-order valence-corrected chi connectivity index (χ2v) is 9.87. The third-order valence-electron chi connectivity index (χ3n) is 6.24. The van der Waals surface area contributed by atoms with E-state index >= 15 is 0 Å². The van der Waals surface area contributed by atoms with Gasteiger partial charge >= 0.3 is 0 Å². The van der Waals surface area contributed by atoms with Crippen LogP contribution in [0, 0.1) is 5.92 Å². The van der Waals surface area contributed by atoms with Crippen LogP contribution in [0.4, 0.5) is 5.82 Å². The van der Waals surface area contributed by atoms with E-state index in [2.05, 4.69) is 43.8 Å². The van der Waals surface area contributed by atoms with Gasteiger partial charge in [-0.05, 0) is 46.0 Å². The second kappa shape index (κ2) is 10.2. The van der Waals surface area contributed by atoms with Crippen molar-refractivity contribution < 1.29 is 4.79 Å². The van der Waals surface area contributed by atoms with Gasteiger partial charge in [0.05, 0.1) is 16.4 Å². The van der Waals surface area contributed by atoms with Crippen molar-refractivity contribution in [2.45, 2.75) is 38.8 Å². The first-order chi connectivity index (χ1) is 16.6. The molecule has 1 fully saturated rings. The van der Waals surface area contributed by atoms with Gasteiger partial charge in [0.25, 0.3) is 0 Å². The maximum Gasteiger partial charge on any atom is 0.223 e. The molecule has 0 saturated heterocycles. The Bertz CT molecular complexity index is 1330. The molecule has 2 aromatic heterocycles. The van der Waals surface area contributed by atoms with Crippen LogP contribution in [0.3, 0.4) is 0 Å². The summed E-state index contributed by atoms with van der Waals surface area (Å²) in [5.74, 6) is 1.17. The van der Waals surface area contributed by atoms with Crippen LogP contribution in [0.15, 0.2) is 65.3 Å². The molecular weight excluding hydrogens is 514 g/mol. The molecule has 1 amide bonds. The molecule has 0 atom stereocenters. The zero-order valence-corrected chi connectivity index (χ0v) is 20.9. The predicted octanol–water partition coefficient (Wildman–Crippen LogP) is 6.23. The van der Waals surface area contributed by atoms with Crippen LogP contribution in [-0.4, -0.2) is 20.5 Å². The molecule has 0 unspecified atom stereocenters. The molecule has 2 heterocycles. The lowest BCUT2D eigenvalue weighted by atomic mass is 10.1. The largest absolute Gasteiger partial charge is 0.366 e. The molecular formula is C26H25BrClN5O. The van der Waals surface area contributed by atoms with Crippen LogP contribution in [0.1, 0.15) is 36.8 Å². The summed E-state index contributed by atoms with van der Waals surface area (Å²) in [7, 11) is 0. The number of hydrogen-bond acceptors (Lipinski definition) is 4. The normalized spacial score (nSPS) is 13.9. The maximum atomic E-state index is 12.4. The summed E-state index contributed by atoms with van der Waals surface area (Å²) in [5, 5.41) is 11.7. The number of amides is 1. The van der Waals surface area contributed by atoms with E-state index in [4.69, 9.17) is 16.6 Å². The van der Waals surface area contributed by atoms with Gasteiger partial charge in [0.2, 0.25) is 5.91 Å². The number of nitrogens with one attached hydrogen (secondary N) is 2. The first-order valence-electron chi connectivity index (χ1n) is 11.5. The molecule has 5 rings (SSSR count). The van der Waals surface area contributed by atoms with Gasteiger partial charge in [-0.15, -0.1) is 0 Å². The van der Waals surface area contributed by atoms with Gasteiger partial charge in [0.15, 0.2) is 5.65 Å². The fraction of sp³-hybridized carbons (Fsp3) is 0.269. The number of carbonyl (C=O) groups is 1. The van der Waals surface area contributed by atoms with E-state index in [0.29, 0.717) is 23.8 Å². The first kappa shape index (κ1) is 22.9. The fourth-order valence-electron chi connectivity index (χ4n) is 4.43. The Morgan fingerprint density at radius 1 is 1.06 bits per heavy atom. The molecule has 174 valence electrons. The average molecular weight is 539 g/mol. The van der Waals surface area contributed by atoms with Gasteiger partial charge in [-0.25, -0.2) is 4.98 Å². The van der Waals surface area contributed by atoms with Crippen molar-refractivity contribution in [2.75, 3.05) is 5.32 Å². The first-order valence-corrected chi connectivity index (χ1v) is 12.6. The zero-order valence-electron chi connectivity index (χ0n) is 18.6. The predicted molar refractivity (Wildman–Crippen MR) is 139 cm³/mol. The Kier molecular flexibility index (Phi) is 6.83. The van der Waals surface area contributed by atoms with E-state index in [-0.39, 0.29) is 11.8 Å². The van der Waals surface area contributed by atoms with Crippen LogP contribution in [0.2, 0.25) is 5.02 Å². The maximum absolute atomic E-state index is 12.4. The minimum atomic E-state index is 0.177. The minimum absolute atomic E-state index is 0.177. The molecule has 1 aliphatic carbocycles. The van der Waals surface area contributed by atoms with Crippen LogP contribution in [0.25, 0.3) is 16.9 Å². The highest BCUT2D eigenvalue weighted by atomic mass is 79.9. The quantitative estimate of drug-likeness (QED) is 0.293. The van der Waals surface area contributed by atoms with Crippen molar-refractivity contribution in [3.63, 3.8) is 0 Å². The molecule has 6 nitrogen and oxygen atoms in total. The third-order valence-corrected chi connectivity index (χ3v) is 7.13. The number of hydrogen-bond donors (Lipinski definition) is 2. The lowest BCUT2D eigenvalue weighted by Crippen LogP contribution is -2.28. The van der Waals surface area contributed by atoms with Crippen molar-refractivity contribution in [2.24, 2.45) is 5.92 Å². The van der Waals surface area contributed by atoms with E-state index in [9.17, 15) is 4.79 Å². The Hall–Kier alpha value is -2.90. The van der Waals surface area contributed by atoms with Gasteiger partial charge < -0.3 is 10.6 Å². The van der Waals surface area contributed by atoms with Crippen molar-refractivity contribution >= 4 is 44.9 Å². The summed E-state index contributed by atoms with van der Waals surface area (Å²) in [6.45, 7) is 1.15. The number of benzene rings is 2. The van der Waals surface area contributed by atoms with Crippen molar-refractivity contribution in [1.82, 2.24) is 19.9 Å². The van der Waals surface area contributed by atoms with Crippen molar-refractivity contribution in [3.8, 4) is 11.3 Å². The van der Waals surface area contributed by atoms with Crippen LogP contribution in [-0.2, 0) is 17.9 Å². The average Bonchev–Trinajstić information content (AvgIpc) is 3.52. The zero-order chi connectivity index (χ0) is 23.5. The standard InChI is InChI=1S/C26H25BrClN5O/c27-21-16-31-33-24(13-23(32-25(21)33)20-10-3-4-11-22(20)28)29-14-17-6-5-7-18(12-17)15-30-26(34)19-8-1-2-9-19/h3-7,10-13,16,19,29H,1-2,8-9,14-15H2,(H,30,34). The molecule has 2 N–H and O–H groups in total. The van der Waals surface area contributed by atoms with E-state index < -0.39 is 0 Å². The third kappa shape index (κ3) is 4.95. The monoisotopic (exact) mass is 537 g/mol. The number of halogens is 2. The minimum Gasteiger partial charge on any atom is -0.366 e. The van der Waals surface area contributed by atoms with Crippen molar-refractivity contribution in [3.05, 3.63) is 81.4 Å². The van der Waals surface area contributed by atoms with Gasteiger partial charge in [0, 0.05) is 35.7 Å². The fourth-order valence-corrected chi connectivity index (χ4v) is 5.01. The highest BCUT2D eigenvalue weighted by Crippen LogP contribution is 2.30. The summed E-state index contributed by atoms with van der Waals surface area (Å²) in [6.07, 6.45) is 6.07. The highest BCUT2D eigenvalue weighted by molar-refractivity contribution is 9.10. The SMILES string of the molecule is O=C(NCc1cccc(CNc2cc(-c3ccccc3Cl)nc3c(Br)cnn23)c1)C1CCCC1. The number of anilines is 1. The van der Waals surface area contributed by atoms with Crippen LogP contribution >= 0.6 is 27.5 Å². The molecule has 0 spiro atoms. The Morgan fingerprint density at radius 3 is 2.62 bits per heavy atom. The van der Waals surface area contributed by atoms with Crippen LogP contribution in [0.5, 0.6) is 0 Å². The summed E-state index contributed by atoms with van der Waals surface area (Å²) >= 11 is 9.98.